The molecule has 0 aliphatic carbocycles. The van der Waals surface area contributed by atoms with Gasteiger partial charge in [0.1, 0.15) is 0 Å². The highest BCUT2D eigenvalue weighted by atomic mass is 32.1. The molecule has 3 rings (SSSR count). The van der Waals surface area contributed by atoms with Crippen molar-refractivity contribution in [3.8, 4) is 0 Å². The zero-order valence-electron chi connectivity index (χ0n) is 20.5. The van der Waals surface area contributed by atoms with E-state index in [-0.39, 0.29) is 24.7 Å². The average molecular weight is 551 g/mol. The van der Waals surface area contributed by atoms with Crippen LogP contribution in [0.4, 0.5) is 22.7 Å². The van der Waals surface area contributed by atoms with E-state index in [1.807, 2.05) is 84.9 Å². The Labute approximate surface area is 232 Å². The molecule has 0 fully saturated rings. The van der Waals surface area contributed by atoms with Crippen molar-refractivity contribution in [2.45, 2.75) is 12.8 Å². The summed E-state index contributed by atoms with van der Waals surface area (Å²) >= 11 is 10.3. The third-order valence-corrected chi connectivity index (χ3v) is 5.35. The molecule has 198 valence electrons. The number of carbonyl (C=O) groups excluding carboxylic acids is 2. The molecule has 0 unspecified atom stereocenters. The predicted molar refractivity (Wildman–Crippen MR) is 161 cm³/mol. The van der Waals surface area contributed by atoms with Gasteiger partial charge in [-0.05, 0) is 73.0 Å². The monoisotopic (exact) mass is 550 g/mol. The molecule has 0 bridgehead atoms. The summed E-state index contributed by atoms with van der Waals surface area (Å²) in [6.07, 6.45) is 0.517. The van der Waals surface area contributed by atoms with Gasteiger partial charge in [0.15, 0.2) is 10.2 Å². The van der Waals surface area contributed by atoms with Crippen LogP contribution in [0.2, 0.25) is 0 Å². The summed E-state index contributed by atoms with van der Waals surface area (Å²) in [6.45, 7) is 0.903. The first kappa shape index (κ1) is 28.2. The Bertz CT molecular complexity index is 1100. The quantitative estimate of drug-likeness (QED) is 0.141. The second kappa shape index (κ2) is 15.6. The molecule has 0 aliphatic rings. The molecule has 3 aromatic rings. The molecule has 12 heteroatoms. The number of carbonyl (C=O) groups is 2. The molecule has 0 radical (unpaired) electrons. The van der Waals surface area contributed by atoms with Crippen LogP contribution in [-0.2, 0) is 9.59 Å². The van der Waals surface area contributed by atoms with Crippen LogP contribution in [0.25, 0.3) is 0 Å². The van der Waals surface area contributed by atoms with Gasteiger partial charge < -0.3 is 21.3 Å². The highest BCUT2D eigenvalue weighted by molar-refractivity contribution is 7.80. The van der Waals surface area contributed by atoms with Gasteiger partial charge in [0.2, 0.25) is 11.8 Å². The van der Waals surface area contributed by atoms with Crippen molar-refractivity contribution in [2.75, 3.05) is 34.4 Å². The van der Waals surface area contributed by atoms with E-state index in [0.29, 0.717) is 23.3 Å². The van der Waals surface area contributed by atoms with E-state index in [2.05, 4.69) is 43.0 Å². The van der Waals surface area contributed by atoms with Crippen molar-refractivity contribution in [1.82, 2.24) is 21.7 Å². The first-order valence-electron chi connectivity index (χ1n) is 11.9. The van der Waals surface area contributed by atoms with E-state index in [1.165, 1.54) is 0 Å². The lowest BCUT2D eigenvalue weighted by Crippen LogP contribution is -2.44. The van der Waals surface area contributed by atoms with Gasteiger partial charge in [-0.1, -0.05) is 36.4 Å². The minimum Gasteiger partial charge on any atom is -0.385 e. The van der Waals surface area contributed by atoms with Crippen LogP contribution >= 0.6 is 24.4 Å². The number of para-hydroxylation sites is 2. The first-order valence-corrected chi connectivity index (χ1v) is 12.7. The highest BCUT2D eigenvalue weighted by Gasteiger charge is 2.04. The third kappa shape index (κ3) is 11.1. The summed E-state index contributed by atoms with van der Waals surface area (Å²) in [4.78, 5) is 24.0. The lowest BCUT2D eigenvalue weighted by Gasteiger charge is -2.13. The first-order chi connectivity index (χ1) is 18.5. The Morgan fingerprint density at radius 2 is 0.868 bits per heavy atom. The van der Waals surface area contributed by atoms with Crippen molar-refractivity contribution in [1.29, 1.82) is 0 Å². The van der Waals surface area contributed by atoms with Crippen LogP contribution in [0, 0.1) is 0 Å². The highest BCUT2D eigenvalue weighted by Crippen LogP contribution is 2.13. The van der Waals surface area contributed by atoms with E-state index in [9.17, 15) is 9.59 Å². The summed E-state index contributed by atoms with van der Waals surface area (Å²) in [5.74, 6) is -0.394. The summed E-state index contributed by atoms with van der Waals surface area (Å²) < 4.78 is 0. The normalized spacial score (nSPS) is 9.89. The van der Waals surface area contributed by atoms with E-state index in [1.54, 1.807) is 0 Å². The number of anilines is 4. The number of thiocarbonyl (C=S) groups is 2. The molecule has 2 amide bonds. The Morgan fingerprint density at radius 3 is 1.24 bits per heavy atom. The van der Waals surface area contributed by atoms with E-state index < -0.39 is 0 Å². The molecule has 0 heterocycles. The molecule has 0 saturated heterocycles. The lowest BCUT2D eigenvalue weighted by atomic mass is 10.2. The van der Waals surface area contributed by atoms with Gasteiger partial charge >= 0.3 is 0 Å². The zero-order valence-corrected chi connectivity index (χ0v) is 22.2. The molecule has 0 spiro atoms. The predicted octanol–water partition coefficient (Wildman–Crippen LogP) is 3.33. The van der Waals surface area contributed by atoms with Gasteiger partial charge in [0.25, 0.3) is 0 Å². The van der Waals surface area contributed by atoms with Gasteiger partial charge in [0.05, 0.1) is 0 Å². The molecule has 3 aromatic carbocycles. The molecule has 38 heavy (non-hydrogen) atoms. The minimum absolute atomic E-state index is 0.197. The molecule has 0 atom stereocenters. The lowest BCUT2D eigenvalue weighted by molar-refractivity contribution is -0.122. The SMILES string of the molecule is O=C(CCNc1ccc(NCCC(=O)NNC(=S)Nc2ccccc2)cc1)NNC(=S)Nc1ccccc1. The molecule has 8 N–H and O–H groups in total. The molecule has 10 nitrogen and oxygen atoms in total. The van der Waals surface area contributed by atoms with E-state index in [4.69, 9.17) is 24.4 Å². The summed E-state index contributed by atoms with van der Waals surface area (Å²) in [6, 6.07) is 26.4. The Kier molecular flexibility index (Phi) is 11.6. The maximum atomic E-state index is 12.0. The van der Waals surface area contributed by atoms with Gasteiger partial charge in [-0.3, -0.25) is 31.3 Å². The molecule has 0 aliphatic heterocycles. The van der Waals surface area contributed by atoms with Gasteiger partial charge in [0, 0.05) is 48.7 Å². The fraction of sp³-hybridized carbons (Fsp3) is 0.154. The van der Waals surface area contributed by atoms with E-state index in [0.717, 1.165) is 22.7 Å². The second-order valence-electron chi connectivity index (χ2n) is 7.92. The summed E-state index contributed by atoms with van der Waals surface area (Å²) in [5.41, 5.74) is 13.9. The largest absolute Gasteiger partial charge is 0.385 e. The van der Waals surface area contributed by atoms with Crippen LogP contribution < -0.4 is 43.0 Å². The van der Waals surface area contributed by atoms with Crippen molar-refractivity contribution < 1.29 is 9.59 Å². The molecule has 0 saturated carbocycles. The minimum atomic E-state index is -0.197. The van der Waals surface area contributed by atoms with Crippen molar-refractivity contribution in [2.24, 2.45) is 0 Å². The molecular weight excluding hydrogens is 520 g/mol. The van der Waals surface area contributed by atoms with E-state index >= 15 is 0 Å². The maximum absolute atomic E-state index is 12.0. The number of hydrogen-bond donors (Lipinski definition) is 8. The van der Waals surface area contributed by atoms with Crippen LogP contribution in [0.5, 0.6) is 0 Å². The Morgan fingerprint density at radius 1 is 0.500 bits per heavy atom. The fourth-order valence-corrected chi connectivity index (χ4v) is 3.43. The third-order valence-electron chi connectivity index (χ3n) is 4.94. The van der Waals surface area contributed by atoms with Crippen molar-refractivity contribution >= 4 is 69.2 Å². The van der Waals surface area contributed by atoms with Gasteiger partial charge in [-0.15, -0.1) is 0 Å². The number of nitrogens with one attached hydrogen (secondary N) is 8. The van der Waals surface area contributed by atoms with Gasteiger partial charge in [-0.2, -0.15) is 0 Å². The maximum Gasteiger partial charge on any atom is 0.240 e. The number of hydrogen-bond acceptors (Lipinski definition) is 6. The topological polar surface area (TPSA) is 130 Å². The standard InChI is InChI=1S/C26H30N8O2S2/c35-23(31-33-25(37)29-21-7-3-1-4-8-21)15-17-27-19-11-13-20(14-12-19)28-18-16-24(36)32-34-26(38)30-22-9-5-2-6-10-22/h1-14,27-28H,15-18H2,(H,31,35)(H,32,36)(H2,29,33,37)(H2,30,34,38). The Balaban J connectivity index is 1.24. The van der Waals surface area contributed by atoms with Crippen molar-refractivity contribution in [3.05, 3.63) is 84.9 Å². The number of benzene rings is 3. The van der Waals surface area contributed by atoms with Crippen molar-refractivity contribution in [3.63, 3.8) is 0 Å². The smallest absolute Gasteiger partial charge is 0.240 e. The van der Waals surface area contributed by atoms with Crippen LogP contribution in [0.3, 0.4) is 0 Å². The van der Waals surface area contributed by atoms with Crippen LogP contribution in [0.15, 0.2) is 84.9 Å². The summed E-state index contributed by atoms with van der Waals surface area (Å²) in [7, 11) is 0. The summed E-state index contributed by atoms with van der Waals surface area (Å²) in [5, 5.41) is 12.9. The average Bonchev–Trinajstić information content (AvgIpc) is 2.93. The van der Waals surface area contributed by atoms with Crippen LogP contribution in [-0.4, -0.2) is 35.1 Å². The zero-order chi connectivity index (χ0) is 27.0. The molecule has 0 aromatic heterocycles. The van der Waals surface area contributed by atoms with Crippen LogP contribution in [0.1, 0.15) is 12.8 Å². The number of hydrazine groups is 2. The fourth-order valence-electron chi connectivity index (χ4n) is 3.09. The number of amides is 2. The molecular formula is C26H30N8O2S2. The Hall–Kier alpha value is -4.42. The van der Waals surface area contributed by atoms with Gasteiger partial charge in [-0.25, -0.2) is 0 Å². The number of rotatable bonds is 10. The second-order valence-corrected chi connectivity index (χ2v) is 8.73.